The molecule has 0 aliphatic heterocycles. The van der Waals surface area contributed by atoms with Crippen molar-refractivity contribution in [2.75, 3.05) is 20.7 Å². The summed E-state index contributed by atoms with van der Waals surface area (Å²) in [4.78, 5) is 10.4. The van der Waals surface area contributed by atoms with Crippen LogP contribution in [0.3, 0.4) is 0 Å². The van der Waals surface area contributed by atoms with Crippen LogP contribution >= 0.6 is 0 Å². The number of nitrogens with one attached hydrogen (secondary N) is 3. The number of rotatable bonds is 6. The highest BCUT2D eigenvalue weighted by Crippen LogP contribution is 2.24. The van der Waals surface area contributed by atoms with Crippen LogP contribution in [0, 0.1) is 5.92 Å². The second kappa shape index (κ2) is 6.71. The van der Waals surface area contributed by atoms with E-state index in [1.54, 1.807) is 0 Å². The van der Waals surface area contributed by atoms with E-state index in [1.165, 1.54) is 25.7 Å². The summed E-state index contributed by atoms with van der Waals surface area (Å²) in [5.74, 6) is 0.753. The molecule has 0 spiro atoms. The van der Waals surface area contributed by atoms with Gasteiger partial charge in [0, 0.05) is 12.6 Å². The predicted octanol–water partition coefficient (Wildman–Crippen LogP) is 1.07. The zero-order valence-electron chi connectivity index (χ0n) is 11.1. The van der Waals surface area contributed by atoms with E-state index in [0.717, 1.165) is 12.5 Å². The summed E-state index contributed by atoms with van der Waals surface area (Å²) < 4.78 is 5.88. The fourth-order valence-corrected chi connectivity index (χ4v) is 4.76. The highest BCUT2D eigenvalue weighted by molar-refractivity contribution is 6.66. The Labute approximate surface area is 101 Å². The van der Waals surface area contributed by atoms with Crippen molar-refractivity contribution < 1.29 is 4.43 Å². The fraction of sp³-hybridized carbons (Fsp3) is 1.00. The molecule has 1 rings (SSSR count). The molecule has 0 radical (unpaired) electrons. The first kappa shape index (κ1) is 14.1. The van der Waals surface area contributed by atoms with Crippen LogP contribution in [0.15, 0.2) is 0 Å². The molecule has 4 nitrogen and oxygen atoms in total. The maximum absolute atomic E-state index is 5.88. The van der Waals surface area contributed by atoms with Gasteiger partial charge in [-0.15, -0.1) is 0 Å². The third kappa shape index (κ3) is 3.53. The second-order valence-electron chi connectivity index (χ2n) is 4.63. The molecule has 16 heavy (non-hydrogen) atoms. The zero-order valence-corrected chi connectivity index (χ0v) is 12.1. The van der Waals surface area contributed by atoms with Crippen molar-refractivity contribution in [2.45, 2.75) is 45.6 Å². The molecule has 96 valence electrons. The minimum atomic E-state index is -2.12. The molecular formula is C11H27N3OSi. The molecule has 1 aliphatic carbocycles. The lowest BCUT2D eigenvalue weighted by atomic mass is 9.87. The summed E-state index contributed by atoms with van der Waals surface area (Å²) in [6.07, 6.45) is 5.32. The molecule has 5 heteroatoms. The molecule has 0 heterocycles. The lowest BCUT2D eigenvalue weighted by Crippen LogP contribution is -2.75. The molecule has 1 fully saturated rings. The van der Waals surface area contributed by atoms with Gasteiger partial charge in [0.25, 0.3) is 0 Å². The Morgan fingerprint density at radius 1 is 1.19 bits per heavy atom. The molecule has 0 aromatic rings. The monoisotopic (exact) mass is 245 g/mol. The summed E-state index contributed by atoms with van der Waals surface area (Å²) in [6, 6.07) is 0.590. The Bertz CT molecular complexity index is 200. The predicted molar refractivity (Wildman–Crippen MR) is 70.1 cm³/mol. The van der Waals surface area contributed by atoms with Crippen molar-refractivity contribution in [3.63, 3.8) is 0 Å². The lowest BCUT2D eigenvalue weighted by Gasteiger charge is -2.38. The Morgan fingerprint density at radius 2 is 1.81 bits per heavy atom. The molecule has 2 atom stereocenters. The molecule has 0 aromatic heterocycles. The van der Waals surface area contributed by atoms with Crippen LogP contribution in [-0.4, -0.2) is 35.5 Å². The second-order valence-corrected chi connectivity index (χ2v) is 7.57. The first-order valence-electron chi connectivity index (χ1n) is 6.47. The molecule has 0 bridgehead atoms. The average molecular weight is 245 g/mol. The third-order valence-electron chi connectivity index (χ3n) is 3.57. The summed E-state index contributed by atoms with van der Waals surface area (Å²) in [5.41, 5.74) is 0. The van der Waals surface area contributed by atoms with E-state index < -0.39 is 8.80 Å². The van der Waals surface area contributed by atoms with E-state index in [9.17, 15) is 0 Å². The SMILES string of the molecule is CCO[Si](NC)(NC)NC1CCCCC1C. The molecule has 1 saturated carbocycles. The van der Waals surface area contributed by atoms with Gasteiger partial charge in [-0.1, -0.05) is 19.8 Å². The van der Waals surface area contributed by atoms with Crippen molar-refractivity contribution in [2.24, 2.45) is 5.92 Å². The van der Waals surface area contributed by atoms with Gasteiger partial charge >= 0.3 is 8.80 Å². The summed E-state index contributed by atoms with van der Waals surface area (Å²) in [6.45, 7) is 5.12. The number of hydrogen-bond donors (Lipinski definition) is 3. The van der Waals surface area contributed by atoms with Crippen molar-refractivity contribution in [1.82, 2.24) is 14.9 Å². The van der Waals surface area contributed by atoms with Gasteiger partial charge in [0.1, 0.15) is 0 Å². The molecule has 0 amide bonds. The minimum Gasteiger partial charge on any atom is -0.380 e. The van der Waals surface area contributed by atoms with E-state index in [4.69, 9.17) is 4.43 Å². The van der Waals surface area contributed by atoms with Crippen LogP contribution in [0.5, 0.6) is 0 Å². The van der Waals surface area contributed by atoms with E-state index in [-0.39, 0.29) is 0 Å². The minimum absolute atomic E-state index is 0.590. The Morgan fingerprint density at radius 3 is 2.31 bits per heavy atom. The fourth-order valence-electron chi connectivity index (χ4n) is 2.46. The molecule has 3 N–H and O–H groups in total. The van der Waals surface area contributed by atoms with E-state index in [1.807, 2.05) is 21.0 Å². The Hall–Kier alpha value is 0.0569. The largest absolute Gasteiger partial charge is 0.439 e. The molecular weight excluding hydrogens is 218 g/mol. The third-order valence-corrected chi connectivity index (χ3v) is 6.47. The van der Waals surface area contributed by atoms with Gasteiger partial charge in [-0.2, -0.15) is 0 Å². The van der Waals surface area contributed by atoms with Gasteiger partial charge in [0.15, 0.2) is 0 Å². The lowest BCUT2D eigenvalue weighted by molar-refractivity contribution is 0.250. The Balaban J connectivity index is 2.58. The van der Waals surface area contributed by atoms with Gasteiger partial charge in [0.2, 0.25) is 0 Å². The van der Waals surface area contributed by atoms with Gasteiger partial charge < -0.3 is 4.43 Å². The van der Waals surface area contributed by atoms with Gasteiger partial charge in [-0.25, -0.2) is 0 Å². The van der Waals surface area contributed by atoms with Crippen molar-refractivity contribution >= 4 is 8.80 Å². The van der Waals surface area contributed by atoms with Crippen molar-refractivity contribution in [3.05, 3.63) is 0 Å². The van der Waals surface area contributed by atoms with Crippen LogP contribution in [0.1, 0.15) is 39.5 Å². The van der Waals surface area contributed by atoms with Gasteiger partial charge in [-0.3, -0.25) is 14.9 Å². The van der Waals surface area contributed by atoms with E-state index >= 15 is 0 Å². The van der Waals surface area contributed by atoms with Gasteiger partial charge in [-0.05, 0) is 39.8 Å². The highest BCUT2D eigenvalue weighted by atomic mass is 28.4. The van der Waals surface area contributed by atoms with Crippen molar-refractivity contribution in [3.8, 4) is 0 Å². The summed E-state index contributed by atoms with van der Waals surface area (Å²) >= 11 is 0. The van der Waals surface area contributed by atoms with E-state index in [2.05, 4.69) is 21.9 Å². The Kier molecular flexibility index (Phi) is 5.92. The summed E-state index contributed by atoms with van der Waals surface area (Å²) in [7, 11) is 1.82. The number of hydrogen-bond acceptors (Lipinski definition) is 4. The summed E-state index contributed by atoms with van der Waals surface area (Å²) in [5, 5.41) is 0. The first-order valence-corrected chi connectivity index (χ1v) is 8.37. The molecule has 2 unspecified atom stereocenters. The zero-order chi connectivity index (χ0) is 12.0. The van der Waals surface area contributed by atoms with Crippen LogP contribution in [0.2, 0.25) is 0 Å². The maximum Gasteiger partial charge on any atom is 0.439 e. The van der Waals surface area contributed by atoms with Crippen LogP contribution in [0.25, 0.3) is 0 Å². The standard InChI is InChI=1S/C11H27N3OSi/c1-5-15-16(12-3,13-4)14-11-9-7-6-8-10(11)2/h10-14H,5-9H2,1-4H3. The normalized spacial score (nSPS) is 27.0. The molecule has 0 aromatic carbocycles. The van der Waals surface area contributed by atoms with Crippen LogP contribution in [0.4, 0.5) is 0 Å². The van der Waals surface area contributed by atoms with Crippen molar-refractivity contribution in [1.29, 1.82) is 0 Å². The maximum atomic E-state index is 5.88. The smallest absolute Gasteiger partial charge is 0.380 e. The van der Waals surface area contributed by atoms with Crippen LogP contribution in [-0.2, 0) is 4.43 Å². The highest BCUT2D eigenvalue weighted by Gasteiger charge is 2.37. The quantitative estimate of drug-likeness (QED) is 0.613. The molecule has 0 saturated heterocycles. The van der Waals surface area contributed by atoms with E-state index in [0.29, 0.717) is 6.04 Å². The first-order chi connectivity index (χ1) is 7.67. The topological polar surface area (TPSA) is 45.3 Å². The van der Waals surface area contributed by atoms with Crippen LogP contribution < -0.4 is 14.9 Å². The molecule has 1 aliphatic rings. The van der Waals surface area contributed by atoms with Gasteiger partial charge in [0.05, 0.1) is 0 Å². The average Bonchev–Trinajstić information content (AvgIpc) is 2.31.